The van der Waals surface area contributed by atoms with Gasteiger partial charge in [0.1, 0.15) is 0 Å². The summed E-state index contributed by atoms with van der Waals surface area (Å²) in [5.74, 6) is -1.28. The highest BCUT2D eigenvalue weighted by Gasteiger charge is 2.47. The van der Waals surface area contributed by atoms with E-state index < -0.39 is 17.7 Å². The highest BCUT2D eigenvalue weighted by molar-refractivity contribution is 5.90. The molecule has 39 heavy (non-hydrogen) atoms. The number of hydrogen-bond acceptors (Lipinski definition) is 5. The quantitative estimate of drug-likeness (QED) is 0.0608. The molecule has 2 amide bonds. The summed E-state index contributed by atoms with van der Waals surface area (Å²) in [5, 5.41) is 27.6. The Morgan fingerprint density at radius 2 is 1.46 bits per heavy atom. The summed E-state index contributed by atoms with van der Waals surface area (Å²) in [7, 11) is 5.03. The van der Waals surface area contributed by atoms with Gasteiger partial charge in [-0.05, 0) is 45.4 Å². The second kappa shape index (κ2) is 21.8. The lowest BCUT2D eigenvalue weighted by molar-refractivity contribution is -0.951. The molecular formula is C30H60N3O6+. The number of rotatable bonds is 20. The molecule has 0 fully saturated rings. The third-order valence-corrected chi connectivity index (χ3v) is 7.83. The van der Waals surface area contributed by atoms with Crippen LogP contribution >= 0.6 is 0 Å². The van der Waals surface area contributed by atoms with Gasteiger partial charge in [-0.3, -0.25) is 19.9 Å². The number of likely N-dealkylation sites (N-methyl/N-ethyl adjacent to an activating group) is 1. The van der Waals surface area contributed by atoms with Gasteiger partial charge in [0, 0.05) is 20.4 Å². The van der Waals surface area contributed by atoms with Gasteiger partial charge in [0.2, 0.25) is 11.6 Å². The number of amides is 2. The Hall–Kier alpha value is -1.97. The maximum atomic E-state index is 11.5. The molecule has 0 aliphatic carbocycles. The van der Waals surface area contributed by atoms with Crippen molar-refractivity contribution in [3.63, 3.8) is 0 Å². The first-order chi connectivity index (χ1) is 18.2. The summed E-state index contributed by atoms with van der Waals surface area (Å²) in [6.07, 6.45) is 17.7. The summed E-state index contributed by atoms with van der Waals surface area (Å²) >= 11 is 0. The van der Waals surface area contributed by atoms with Crippen molar-refractivity contribution in [1.82, 2.24) is 4.90 Å². The third-order valence-electron chi connectivity index (χ3n) is 7.83. The molecule has 0 aromatic heterocycles. The van der Waals surface area contributed by atoms with Crippen LogP contribution in [0.25, 0.3) is 0 Å². The zero-order chi connectivity index (χ0) is 30.5. The number of aliphatic hydroxyl groups is 1. The maximum Gasteiger partial charge on any atom is 0.413 e. The number of unbranched alkanes of at least 4 members (excludes halogenated alkanes) is 8. The fourth-order valence-corrected chi connectivity index (χ4v) is 4.08. The average Bonchev–Trinajstić information content (AvgIpc) is 2.87. The molecule has 0 bridgehead atoms. The number of nitrogens with two attached hydrogens (primary N) is 1. The van der Waals surface area contributed by atoms with E-state index in [9.17, 15) is 19.5 Å². The molecule has 0 spiro atoms. The molecule has 0 saturated carbocycles. The maximum absolute atomic E-state index is 11.5. The number of allylic oxidation sites excluding steroid dienone is 1. The number of aliphatic hydroxyl groups excluding tert-OH is 1. The van der Waals surface area contributed by atoms with Gasteiger partial charge < -0.3 is 15.3 Å². The van der Waals surface area contributed by atoms with Crippen LogP contribution in [-0.2, 0) is 9.59 Å². The molecule has 3 atom stereocenters. The average molecular weight is 559 g/mol. The van der Waals surface area contributed by atoms with Crippen molar-refractivity contribution in [2.24, 2.45) is 5.73 Å². The van der Waals surface area contributed by atoms with E-state index in [1.807, 2.05) is 21.0 Å². The van der Waals surface area contributed by atoms with Crippen molar-refractivity contribution in [2.75, 3.05) is 21.1 Å². The second-order valence-electron chi connectivity index (χ2n) is 11.4. The van der Waals surface area contributed by atoms with Crippen molar-refractivity contribution in [1.29, 1.82) is 0 Å². The van der Waals surface area contributed by atoms with Crippen LogP contribution in [0.2, 0.25) is 0 Å². The van der Waals surface area contributed by atoms with Crippen LogP contribution in [0.4, 0.5) is 4.79 Å². The highest BCUT2D eigenvalue weighted by Crippen LogP contribution is 2.22. The predicted octanol–water partition coefficient (Wildman–Crippen LogP) is 6.14. The number of carboxylic acids is 1. The lowest BCUT2D eigenvalue weighted by Crippen LogP contribution is -2.70. The number of imide groups is 1. The van der Waals surface area contributed by atoms with Crippen LogP contribution in [0.1, 0.15) is 124 Å². The van der Waals surface area contributed by atoms with Gasteiger partial charge in [-0.2, -0.15) is 0 Å². The van der Waals surface area contributed by atoms with E-state index in [0.29, 0.717) is 10.9 Å². The van der Waals surface area contributed by atoms with Gasteiger partial charge in [0.25, 0.3) is 0 Å². The first-order valence-electron chi connectivity index (χ1n) is 14.8. The van der Waals surface area contributed by atoms with E-state index in [-0.39, 0.29) is 18.1 Å². The minimum absolute atomic E-state index is 0.199. The van der Waals surface area contributed by atoms with Crippen LogP contribution < -0.4 is 5.73 Å². The first kappa shape index (κ1) is 39.2. The number of aliphatic carboxylic acids is 1. The summed E-state index contributed by atoms with van der Waals surface area (Å²) in [6, 6.07) is 0.242. The summed E-state index contributed by atoms with van der Waals surface area (Å²) in [4.78, 5) is 33.9. The molecule has 0 rings (SSSR count). The van der Waals surface area contributed by atoms with Gasteiger partial charge in [-0.25, -0.2) is 9.59 Å². The molecule has 0 aromatic carbocycles. The topological polar surface area (TPSA) is 141 Å². The van der Waals surface area contributed by atoms with Gasteiger partial charge in [-0.1, -0.05) is 77.4 Å². The number of carbonyl (C=O) groups is 3. The Morgan fingerprint density at radius 1 is 0.897 bits per heavy atom. The Kier molecular flexibility index (Phi) is 21.9. The van der Waals surface area contributed by atoms with Crippen molar-refractivity contribution >= 4 is 18.0 Å². The van der Waals surface area contributed by atoms with E-state index in [0.717, 1.165) is 75.5 Å². The Morgan fingerprint density at radius 3 is 2.00 bits per heavy atom. The number of nitrogens with zero attached hydrogens (tertiary/aromatic N) is 2. The molecule has 230 valence electrons. The summed E-state index contributed by atoms with van der Waals surface area (Å²) in [5.41, 5.74) is 4.61. The summed E-state index contributed by atoms with van der Waals surface area (Å²) in [6.45, 7) is 7.89. The fraction of sp³-hybridized carbons (Fsp3) is 0.833. The first-order valence-corrected chi connectivity index (χ1v) is 14.8. The van der Waals surface area contributed by atoms with Crippen LogP contribution in [0.3, 0.4) is 0 Å². The van der Waals surface area contributed by atoms with Crippen LogP contribution in [-0.4, -0.2) is 81.6 Å². The molecule has 0 heterocycles. The van der Waals surface area contributed by atoms with E-state index in [2.05, 4.69) is 26.0 Å². The largest absolute Gasteiger partial charge is 0.476 e. The smallest absolute Gasteiger partial charge is 0.413 e. The summed E-state index contributed by atoms with van der Waals surface area (Å²) < 4.78 is 0.302. The second-order valence-corrected chi connectivity index (χ2v) is 11.4. The number of carbonyl (C=O) groups excluding carboxylic acids is 1. The van der Waals surface area contributed by atoms with Gasteiger partial charge in [0.05, 0.1) is 26.2 Å². The van der Waals surface area contributed by atoms with Crippen molar-refractivity contribution in [3.8, 4) is 0 Å². The fourth-order valence-electron chi connectivity index (χ4n) is 4.08. The molecule has 0 aliphatic rings. The monoisotopic (exact) mass is 558 g/mol. The molecule has 0 saturated heterocycles. The zero-order valence-electron chi connectivity index (χ0n) is 26.0. The Balaban J connectivity index is 0. The standard InChI is InChI=1S/C20H37NO4.C10H22N2O2/c1-3-4-5-12-15-18(22)16-13-10-8-6-7-9-11-14-17-19(23)21(2)20(24)25;1-6-7-8(2)12(4,5)10(3,11)9(13)14/h10,13,18,22H,3-9,11-12,14-17H2,1-2H3,(H,24,25);8H,6-7,11H2,1-5H3/p+1/b13-10-;/t18-;/m1./s1. The van der Waals surface area contributed by atoms with Crippen LogP contribution in [0.5, 0.6) is 0 Å². The zero-order valence-corrected chi connectivity index (χ0v) is 26.0. The Bertz CT molecular complexity index is 709. The Labute approximate surface area is 238 Å². The molecule has 0 aromatic rings. The van der Waals surface area contributed by atoms with Gasteiger partial charge in [0.15, 0.2) is 0 Å². The molecular weight excluding hydrogens is 498 g/mol. The van der Waals surface area contributed by atoms with Crippen LogP contribution in [0, 0.1) is 0 Å². The van der Waals surface area contributed by atoms with E-state index in [1.165, 1.54) is 26.3 Å². The van der Waals surface area contributed by atoms with Gasteiger partial charge in [-0.15, -0.1) is 0 Å². The van der Waals surface area contributed by atoms with Crippen molar-refractivity contribution in [2.45, 2.75) is 142 Å². The normalized spacial score (nSPS) is 14.7. The lowest BCUT2D eigenvalue weighted by atomic mass is 10.0. The number of carboxylic acid groups (broad SMARTS) is 2. The minimum Gasteiger partial charge on any atom is -0.476 e. The van der Waals surface area contributed by atoms with E-state index in [4.69, 9.17) is 15.9 Å². The molecule has 9 heteroatoms. The predicted molar refractivity (Wildman–Crippen MR) is 158 cm³/mol. The minimum atomic E-state index is -1.23. The molecule has 2 unspecified atom stereocenters. The van der Waals surface area contributed by atoms with E-state index in [1.54, 1.807) is 6.92 Å². The van der Waals surface area contributed by atoms with Crippen LogP contribution in [0.15, 0.2) is 12.2 Å². The van der Waals surface area contributed by atoms with Crippen molar-refractivity contribution < 1.29 is 34.2 Å². The number of quaternary nitrogens is 1. The molecule has 5 N–H and O–H groups in total. The highest BCUT2D eigenvalue weighted by atomic mass is 16.4. The third kappa shape index (κ3) is 17.4. The molecule has 9 nitrogen and oxygen atoms in total. The van der Waals surface area contributed by atoms with Gasteiger partial charge >= 0.3 is 12.1 Å². The SMILES string of the molecule is CCCC(C)[N+](C)(C)C(C)(N)C(=O)O.CCCCCC[C@@H](O)C/C=C\CCCCCCCC(=O)N(C)C(=O)O. The molecule has 0 radical (unpaired) electrons. The van der Waals surface area contributed by atoms with E-state index >= 15 is 0 Å². The van der Waals surface area contributed by atoms with Crippen molar-refractivity contribution in [3.05, 3.63) is 12.2 Å². The molecule has 0 aliphatic heterocycles. The number of hydrogen-bond donors (Lipinski definition) is 4. The lowest BCUT2D eigenvalue weighted by Gasteiger charge is -2.45.